The van der Waals surface area contributed by atoms with Crippen LogP contribution < -0.4 is 5.73 Å². The summed E-state index contributed by atoms with van der Waals surface area (Å²) in [7, 11) is 0. The second-order valence-electron chi connectivity index (χ2n) is 4.84. The van der Waals surface area contributed by atoms with Crippen molar-refractivity contribution in [3.8, 4) is 0 Å². The molecule has 1 aromatic rings. The predicted octanol–water partition coefficient (Wildman–Crippen LogP) is 4.37. The van der Waals surface area contributed by atoms with Crippen molar-refractivity contribution in [2.75, 3.05) is 5.75 Å². The van der Waals surface area contributed by atoms with Crippen LogP contribution in [0.1, 0.15) is 32.8 Å². The van der Waals surface area contributed by atoms with Gasteiger partial charge in [-0.15, -0.1) is 11.8 Å². The fourth-order valence-electron chi connectivity index (χ4n) is 1.49. The molecule has 0 saturated heterocycles. The Morgan fingerprint density at radius 3 is 2.59 bits per heavy atom. The number of thioether (sulfide) groups is 1. The van der Waals surface area contributed by atoms with Crippen LogP contribution in [0.4, 0.5) is 0 Å². The summed E-state index contributed by atoms with van der Waals surface area (Å²) in [5.74, 6) is 1.79. The Morgan fingerprint density at radius 2 is 2.06 bits per heavy atom. The first-order valence-electron chi connectivity index (χ1n) is 6.19. The average Bonchev–Trinajstić information content (AvgIpc) is 2.27. The lowest BCUT2D eigenvalue weighted by molar-refractivity contribution is 0.646. The van der Waals surface area contributed by atoms with Crippen molar-refractivity contribution >= 4 is 23.4 Å². The normalized spacial score (nSPS) is 13.1. The first-order chi connectivity index (χ1) is 8.02. The first kappa shape index (κ1) is 14.9. The predicted molar refractivity (Wildman–Crippen MR) is 79.0 cm³/mol. The van der Waals surface area contributed by atoms with Gasteiger partial charge in [0.15, 0.2) is 0 Å². The summed E-state index contributed by atoms with van der Waals surface area (Å²) in [4.78, 5) is 1.18. The number of hydrogen-bond donors (Lipinski definition) is 1. The molecule has 0 bridgehead atoms. The second kappa shape index (κ2) is 7.30. The molecular weight excluding hydrogens is 250 g/mol. The van der Waals surface area contributed by atoms with Crippen LogP contribution in [0.15, 0.2) is 23.1 Å². The molecule has 0 amide bonds. The maximum Gasteiger partial charge on any atom is 0.0544 e. The highest BCUT2D eigenvalue weighted by molar-refractivity contribution is 7.99. The van der Waals surface area contributed by atoms with E-state index in [0.29, 0.717) is 5.92 Å². The molecule has 1 unspecified atom stereocenters. The maximum atomic E-state index is 6.28. The maximum absolute atomic E-state index is 6.28. The Kier molecular flexibility index (Phi) is 6.39. The van der Waals surface area contributed by atoms with Crippen molar-refractivity contribution in [3.63, 3.8) is 0 Å². The molecule has 2 N–H and O–H groups in total. The van der Waals surface area contributed by atoms with E-state index in [0.717, 1.165) is 23.6 Å². The van der Waals surface area contributed by atoms with Gasteiger partial charge in [0.1, 0.15) is 0 Å². The number of hydrogen-bond acceptors (Lipinski definition) is 2. The Balaban J connectivity index is 2.65. The highest BCUT2D eigenvalue weighted by atomic mass is 35.5. The van der Waals surface area contributed by atoms with Gasteiger partial charge in [-0.25, -0.2) is 0 Å². The number of rotatable bonds is 6. The van der Waals surface area contributed by atoms with E-state index in [1.165, 1.54) is 10.5 Å². The number of nitrogens with two attached hydrogens (primary N) is 1. The standard InChI is InChI=1S/C14H22ClNS/c1-4-12(16)7-11-5-6-14(13(15)8-11)17-9-10(2)3/h5-6,8,10,12H,4,7,9,16H2,1-3H3. The van der Waals surface area contributed by atoms with E-state index in [4.69, 9.17) is 17.3 Å². The number of benzene rings is 1. The molecule has 0 heterocycles. The molecule has 1 rings (SSSR count). The molecule has 1 aromatic carbocycles. The van der Waals surface area contributed by atoms with Gasteiger partial charge >= 0.3 is 0 Å². The molecule has 0 fully saturated rings. The molecular formula is C14H22ClNS. The van der Waals surface area contributed by atoms with Crippen LogP contribution in [-0.2, 0) is 6.42 Å². The average molecular weight is 272 g/mol. The van der Waals surface area contributed by atoms with E-state index in [1.54, 1.807) is 0 Å². The molecule has 17 heavy (non-hydrogen) atoms. The molecule has 0 aliphatic rings. The van der Waals surface area contributed by atoms with E-state index in [1.807, 2.05) is 11.8 Å². The van der Waals surface area contributed by atoms with Crippen molar-refractivity contribution in [3.05, 3.63) is 28.8 Å². The molecule has 0 aliphatic carbocycles. The summed E-state index contributed by atoms with van der Waals surface area (Å²) in [5, 5.41) is 0.858. The zero-order valence-electron chi connectivity index (χ0n) is 10.9. The summed E-state index contributed by atoms with van der Waals surface area (Å²) < 4.78 is 0. The van der Waals surface area contributed by atoms with E-state index in [2.05, 4.69) is 39.0 Å². The van der Waals surface area contributed by atoms with E-state index in [9.17, 15) is 0 Å². The topological polar surface area (TPSA) is 26.0 Å². The number of halogens is 1. The summed E-state index contributed by atoms with van der Waals surface area (Å²) in [6.07, 6.45) is 1.91. The minimum absolute atomic E-state index is 0.236. The van der Waals surface area contributed by atoms with Crippen molar-refractivity contribution in [1.29, 1.82) is 0 Å². The largest absolute Gasteiger partial charge is 0.327 e. The van der Waals surface area contributed by atoms with Gasteiger partial charge in [-0.1, -0.05) is 38.4 Å². The lowest BCUT2D eigenvalue weighted by atomic mass is 10.1. The van der Waals surface area contributed by atoms with Crippen LogP contribution in [0, 0.1) is 5.92 Å². The first-order valence-corrected chi connectivity index (χ1v) is 7.56. The summed E-state index contributed by atoms with van der Waals surface area (Å²) in [6, 6.07) is 6.55. The van der Waals surface area contributed by atoms with Gasteiger partial charge in [0, 0.05) is 16.7 Å². The quantitative estimate of drug-likeness (QED) is 0.778. The molecule has 1 nitrogen and oxygen atoms in total. The smallest absolute Gasteiger partial charge is 0.0544 e. The minimum atomic E-state index is 0.236. The minimum Gasteiger partial charge on any atom is -0.327 e. The highest BCUT2D eigenvalue weighted by Crippen LogP contribution is 2.29. The SMILES string of the molecule is CCC(N)Cc1ccc(SCC(C)C)c(Cl)c1. The molecule has 0 aliphatic heterocycles. The van der Waals surface area contributed by atoms with E-state index >= 15 is 0 Å². The lowest BCUT2D eigenvalue weighted by Crippen LogP contribution is -2.21. The van der Waals surface area contributed by atoms with Gasteiger partial charge in [-0.2, -0.15) is 0 Å². The zero-order chi connectivity index (χ0) is 12.8. The molecule has 0 spiro atoms. The Hall–Kier alpha value is -0.180. The Morgan fingerprint density at radius 1 is 1.35 bits per heavy atom. The molecule has 3 heteroatoms. The Labute approximate surface area is 114 Å². The van der Waals surface area contributed by atoms with Crippen molar-refractivity contribution in [1.82, 2.24) is 0 Å². The zero-order valence-corrected chi connectivity index (χ0v) is 12.4. The summed E-state index contributed by atoms with van der Waals surface area (Å²) in [6.45, 7) is 6.55. The molecule has 0 saturated carbocycles. The van der Waals surface area contributed by atoms with Gasteiger partial charge in [-0.3, -0.25) is 0 Å². The molecule has 1 atom stereocenters. The van der Waals surface area contributed by atoms with Crippen LogP contribution in [0.25, 0.3) is 0 Å². The second-order valence-corrected chi connectivity index (χ2v) is 6.31. The van der Waals surface area contributed by atoms with Crippen LogP contribution in [0.2, 0.25) is 5.02 Å². The molecule has 96 valence electrons. The van der Waals surface area contributed by atoms with Crippen LogP contribution >= 0.6 is 23.4 Å². The van der Waals surface area contributed by atoms with Gasteiger partial charge in [0.25, 0.3) is 0 Å². The molecule has 0 radical (unpaired) electrons. The van der Waals surface area contributed by atoms with Gasteiger partial charge in [0.2, 0.25) is 0 Å². The monoisotopic (exact) mass is 271 g/mol. The molecule has 0 aromatic heterocycles. The lowest BCUT2D eigenvalue weighted by Gasteiger charge is -2.11. The highest BCUT2D eigenvalue weighted by Gasteiger charge is 2.06. The van der Waals surface area contributed by atoms with Crippen molar-refractivity contribution < 1.29 is 0 Å². The fourth-order valence-corrected chi connectivity index (χ4v) is 2.73. The van der Waals surface area contributed by atoms with Gasteiger partial charge in [0.05, 0.1) is 5.02 Å². The third-order valence-electron chi connectivity index (χ3n) is 2.59. The van der Waals surface area contributed by atoms with Crippen LogP contribution in [0.3, 0.4) is 0 Å². The van der Waals surface area contributed by atoms with E-state index < -0.39 is 0 Å². The van der Waals surface area contributed by atoms with Gasteiger partial charge in [-0.05, 0) is 36.5 Å². The van der Waals surface area contributed by atoms with Crippen LogP contribution in [0.5, 0.6) is 0 Å². The third kappa shape index (κ3) is 5.33. The Bertz CT molecular complexity index is 352. The van der Waals surface area contributed by atoms with Crippen LogP contribution in [-0.4, -0.2) is 11.8 Å². The van der Waals surface area contributed by atoms with Gasteiger partial charge < -0.3 is 5.73 Å². The third-order valence-corrected chi connectivity index (χ3v) is 4.52. The van der Waals surface area contributed by atoms with Crippen molar-refractivity contribution in [2.45, 2.75) is 44.6 Å². The van der Waals surface area contributed by atoms with Crippen molar-refractivity contribution in [2.24, 2.45) is 11.7 Å². The van der Waals surface area contributed by atoms with E-state index in [-0.39, 0.29) is 6.04 Å². The fraction of sp³-hybridized carbons (Fsp3) is 0.571. The summed E-state index contributed by atoms with van der Waals surface area (Å²) >= 11 is 8.10. The summed E-state index contributed by atoms with van der Waals surface area (Å²) in [5.41, 5.74) is 7.18.